The van der Waals surface area contributed by atoms with E-state index in [9.17, 15) is 4.79 Å². The van der Waals surface area contributed by atoms with Crippen molar-refractivity contribution < 1.29 is 4.79 Å². The fourth-order valence-corrected chi connectivity index (χ4v) is 4.23. The minimum atomic E-state index is 0.00809. The molecule has 1 N–H and O–H groups in total. The Morgan fingerprint density at radius 3 is 2.81 bits per heavy atom. The van der Waals surface area contributed by atoms with Gasteiger partial charge in [-0.3, -0.25) is 4.98 Å². The summed E-state index contributed by atoms with van der Waals surface area (Å²) in [5, 5.41) is 6.04. The van der Waals surface area contributed by atoms with E-state index in [0.717, 1.165) is 55.3 Å². The van der Waals surface area contributed by atoms with Crippen LogP contribution in [0.3, 0.4) is 0 Å². The number of thiazole rings is 1. The Labute approximate surface area is 165 Å². The maximum atomic E-state index is 13.0. The number of rotatable bonds is 7. The van der Waals surface area contributed by atoms with E-state index in [0.29, 0.717) is 13.1 Å². The summed E-state index contributed by atoms with van der Waals surface area (Å²) in [6, 6.07) is 6.24. The molecule has 1 saturated heterocycles. The molecule has 6 nitrogen and oxygen atoms in total. The molecule has 0 aliphatic carbocycles. The van der Waals surface area contributed by atoms with Crippen LogP contribution < -0.4 is 5.32 Å². The molecule has 0 atom stereocenters. The third-order valence-electron chi connectivity index (χ3n) is 5.10. The lowest BCUT2D eigenvalue weighted by Gasteiger charge is -2.38. The van der Waals surface area contributed by atoms with Crippen LogP contribution in [0.5, 0.6) is 0 Å². The van der Waals surface area contributed by atoms with Gasteiger partial charge in [0.25, 0.3) is 0 Å². The molecule has 0 bridgehead atoms. The number of aromatic nitrogens is 2. The Kier molecular flexibility index (Phi) is 7.18. The monoisotopic (exact) mass is 387 g/mol. The van der Waals surface area contributed by atoms with Crippen LogP contribution >= 0.6 is 11.3 Å². The lowest BCUT2D eigenvalue weighted by atomic mass is 10.0. The van der Waals surface area contributed by atoms with Crippen LogP contribution in [-0.4, -0.2) is 58.0 Å². The summed E-state index contributed by atoms with van der Waals surface area (Å²) in [5.41, 5.74) is 2.03. The number of nitrogens with one attached hydrogen (secondary N) is 1. The standard InChI is InChI=1S/C20H29N5OS/c1-3-24-11-8-18(9-12-24)25(13-7-17-6-4-5-10-21-17)20(26)22-14-19-23-16(2)15-27-19/h4-6,10,15,18H,3,7-9,11-14H2,1-2H3,(H,22,26). The number of aryl methyl sites for hydroxylation is 1. The minimum Gasteiger partial charge on any atom is -0.331 e. The van der Waals surface area contributed by atoms with Gasteiger partial charge >= 0.3 is 6.03 Å². The number of carbonyl (C=O) groups excluding carboxylic acids is 1. The molecular weight excluding hydrogens is 358 g/mol. The molecule has 1 aliphatic heterocycles. The molecule has 0 spiro atoms. The van der Waals surface area contributed by atoms with Gasteiger partial charge in [-0.15, -0.1) is 11.3 Å². The zero-order valence-corrected chi connectivity index (χ0v) is 17.0. The van der Waals surface area contributed by atoms with E-state index >= 15 is 0 Å². The molecule has 2 aromatic heterocycles. The number of amides is 2. The van der Waals surface area contributed by atoms with Crippen LogP contribution in [0.4, 0.5) is 4.79 Å². The second kappa shape index (κ2) is 9.80. The van der Waals surface area contributed by atoms with Crippen LogP contribution in [0.1, 0.15) is 36.2 Å². The summed E-state index contributed by atoms with van der Waals surface area (Å²) in [7, 11) is 0. The highest BCUT2D eigenvalue weighted by atomic mass is 32.1. The van der Waals surface area contributed by atoms with Crippen LogP contribution in [0.25, 0.3) is 0 Å². The first-order chi connectivity index (χ1) is 13.2. The highest BCUT2D eigenvalue weighted by Crippen LogP contribution is 2.18. The molecule has 7 heteroatoms. The van der Waals surface area contributed by atoms with E-state index in [1.165, 1.54) is 0 Å². The fraction of sp³-hybridized carbons (Fsp3) is 0.550. The Bertz CT molecular complexity index is 712. The van der Waals surface area contributed by atoms with Gasteiger partial charge in [-0.2, -0.15) is 0 Å². The predicted molar refractivity (Wildman–Crippen MR) is 109 cm³/mol. The van der Waals surface area contributed by atoms with Gasteiger partial charge in [-0.25, -0.2) is 9.78 Å². The van der Waals surface area contributed by atoms with E-state index in [-0.39, 0.29) is 12.1 Å². The first kappa shape index (κ1) is 19.8. The van der Waals surface area contributed by atoms with Crippen LogP contribution in [0.2, 0.25) is 0 Å². The van der Waals surface area contributed by atoms with Crippen molar-refractivity contribution in [1.82, 2.24) is 25.1 Å². The molecule has 0 unspecified atom stereocenters. The lowest BCUT2D eigenvalue weighted by molar-refractivity contribution is 0.123. The van der Waals surface area contributed by atoms with Gasteiger partial charge in [0.15, 0.2) is 0 Å². The van der Waals surface area contributed by atoms with Crippen molar-refractivity contribution in [1.29, 1.82) is 0 Å². The maximum absolute atomic E-state index is 13.0. The van der Waals surface area contributed by atoms with Gasteiger partial charge in [0, 0.05) is 55.1 Å². The Balaban J connectivity index is 1.61. The van der Waals surface area contributed by atoms with Crippen molar-refractivity contribution >= 4 is 17.4 Å². The number of hydrogen-bond donors (Lipinski definition) is 1. The van der Waals surface area contributed by atoms with Crippen molar-refractivity contribution in [3.8, 4) is 0 Å². The van der Waals surface area contributed by atoms with Crippen LogP contribution in [0, 0.1) is 6.92 Å². The van der Waals surface area contributed by atoms with E-state index < -0.39 is 0 Å². The molecule has 1 fully saturated rings. The lowest BCUT2D eigenvalue weighted by Crippen LogP contribution is -2.51. The Hall–Kier alpha value is -1.99. The Morgan fingerprint density at radius 2 is 2.19 bits per heavy atom. The van der Waals surface area contributed by atoms with Crippen molar-refractivity contribution in [2.45, 2.75) is 45.7 Å². The number of likely N-dealkylation sites (tertiary alicyclic amines) is 1. The third-order valence-corrected chi connectivity index (χ3v) is 6.07. The summed E-state index contributed by atoms with van der Waals surface area (Å²) in [4.78, 5) is 26.3. The average Bonchev–Trinajstić information content (AvgIpc) is 3.13. The number of pyridine rings is 1. The topological polar surface area (TPSA) is 61.4 Å². The number of piperidine rings is 1. The van der Waals surface area contributed by atoms with Crippen molar-refractivity contribution in [3.63, 3.8) is 0 Å². The molecule has 3 rings (SSSR count). The average molecular weight is 388 g/mol. The Morgan fingerprint density at radius 1 is 1.37 bits per heavy atom. The molecule has 0 radical (unpaired) electrons. The summed E-state index contributed by atoms with van der Waals surface area (Å²) < 4.78 is 0. The highest BCUT2D eigenvalue weighted by Gasteiger charge is 2.27. The molecule has 0 saturated carbocycles. The number of urea groups is 1. The normalized spacial score (nSPS) is 15.6. The van der Waals surface area contributed by atoms with Crippen LogP contribution in [-0.2, 0) is 13.0 Å². The van der Waals surface area contributed by atoms with E-state index in [1.807, 2.05) is 41.6 Å². The molecule has 27 heavy (non-hydrogen) atoms. The molecule has 2 aromatic rings. The van der Waals surface area contributed by atoms with Crippen molar-refractivity contribution in [3.05, 3.63) is 46.2 Å². The van der Waals surface area contributed by atoms with E-state index in [1.54, 1.807) is 11.3 Å². The first-order valence-corrected chi connectivity index (χ1v) is 10.6. The van der Waals surface area contributed by atoms with E-state index in [4.69, 9.17) is 0 Å². The quantitative estimate of drug-likeness (QED) is 0.793. The van der Waals surface area contributed by atoms with Gasteiger partial charge in [-0.05, 0) is 38.4 Å². The van der Waals surface area contributed by atoms with Gasteiger partial charge in [0.2, 0.25) is 0 Å². The number of hydrogen-bond acceptors (Lipinski definition) is 5. The molecule has 3 heterocycles. The molecule has 1 aliphatic rings. The summed E-state index contributed by atoms with van der Waals surface area (Å²) in [6.45, 7) is 8.54. The smallest absolute Gasteiger partial charge is 0.318 e. The van der Waals surface area contributed by atoms with Gasteiger partial charge in [0.1, 0.15) is 5.01 Å². The molecule has 2 amide bonds. The SMILES string of the molecule is CCN1CCC(N(CCc2ccccn2)C(=O)NCc2nc(C)cs2)CC1. The molecular formula is C20H29N5OS. The van der Waals surface area contributed by atoms with Crippen molar-refractivity contribution in [2.24, 2.45) is 0 Å². The highest BCUT2D eigenvalue weighted by molar-refractivity contribution is 7.09. The van der Waals surface area contributed by atoms with Gasteiger partial charge in [-0.1, -0.05) is 13.0 Å². The number of nitrogens with zero attached hydrogens (tertiary/aromatic N) is 4. The minimum absolute atomic E-state index is 0.00809. The predicted octanol–water partition coefficient (Wildman–Crippen LogP) is 3.09. The fourth-order valence-electron chi connectivity index (χ4n) is 3.51. The maximum Gasteiger partial charge on any atom is 0.318 e. The van der Waals surface area contributed by atoms with Gasteiger partial charge < -0.3 is 15.1 Å². The zero-order chi connectivity index (χ0) is 19.1. The van der Waals surface area contributed by atoms with Gasteiger partial charge in [0.05, 0.1) is 6.54 Å². The summed E-state index contributed by atoms with van der Waals surface area (Å²) >= 11 is 1.59. The largest absolute Gasteiger partial charge is 0.331 e. The first-order valence-electron chi connectivity index (χ1n) is 9.73. The number of carbonyl (C=O) groups is 1. The zero-order valence-electron chi connectivity index (χ0n) is 16.2. The van der Waals surface area contributed by atoms with E-state index in [2.05, 4.69) is 27.1 Å². The van der Waals surface area contributed by atoms with Crippen molar-refractivity contribution in [2.75, 3.05) is 26.2 Å². The second-order valence-electron chi connectivity index (χ2n) is 6.97. The molecule has 146 valence electrons. The van der Waals surface area contributed by atoms with Crippen LogP contribution in [0.15, 0.2) is 29.8 Å². The summed E-state index contributed by atoms with van der Waals surface area (Å²) in [6.07, 6.45) is 4.64. The summed E-state index contributed by atoms with van der Waals surface area (Å²) in [5.74, 6) is 0. The second-order valence-corrected chi connectivity index (χ2v) is 7.91. The third kappa shape index (κ3) is 5.74. The molecule has 0 aromatic carbocycles.